The summed E-state index contributed by atoms with van der Waals surface area (Å²) in [5.41, 5.74) is 0.0610. The summed E-state index contributed by atoms with van der Waals surface area (Å²) in [6.45, 7) is 1.33. The molecule has 0 unspecified atom stereocenters. The predicted octanol–water partition coefficient (Wildman–Crippen LogP) is 3.18. The van der Waals surface area contributed by atoms with Gasteiger partial charge in [-0.2, -0.15) is 16.9 Å². The molecule has 1 amide bonds. The van der Waals surface area contributed by atoms with E-state index in [1.165, 1.54) is 12.3 Å². The lowest BCUT2D eigenvalue weighted by Crippen LogP contribution is -2.29. The predicted molar refractivity (Wildman–Crippen MR) is 86.3 cm³/mol. The van der Waals surface area contributed by atoms with Crippen molar-refractivity contribution in [3.8, 4) is 11.3 Å². The molecule has 23 heavy (non-hydrogen) atoms. The van der Waals surface area contributed by atoms with Crippen LogP contribution in [0.2, 0.25) is 0 Å². The zero-order valence-electron chi connectivity index (χ0n) is 12.7. The van der Waals surface area contributed by atoms with Gasteiger partial charge in [0.1, 0.15) is 11.6 Å². The number of hydrogen-bond acceptors (Lipinski definition) is 3. The number of benzene rings is 1. The maximum Gasteiger partial charge on any atom is 0.257 e. The van der Waals surface area contributed by atoms with Gasteiger partial charge in [-0.1, -0.05) is 6.07 Å². The second-order valence-electron chi connectivity index (χ2n) is 5.62. The molecule has 2 heterocycles. The number of H-pyrrole nitrogens is 1. The molecule has 1 atom stereocenters. The van der Waals surface area contributed by atoms with Gasteiger partial charge in [0.05, 0.1) is 23.0 Å². The van der Waals surface area contributed by atoms with Crippen LogP contribution in [0.15, 0.2) is 24.4 Å². The molecule has 1 fully saturated rings. The number of aromatic nitrogens is 2. The SMILES string of the molecule is CSC[C@H]1CCN(C(=O)c2cn[nH]c2-c2c(F)cccc2F)C1. The summed E-state index contributed by atoms with van der Waals surface area (Å²) in [4.78, 5) is 14.4. The van der Waals surface area contributed by atoms with Crippen molar-refractivity contribution in [3.05, 3.63) is 41.6 Å². The van der Waals surface area contributed by atoms with E-state index in [1.807, 2.05) is 6.26 Å². The minimum atomic E-state index is -0.718. The van der Waals surface area contributed by atoms with Crippen molar-refractivity contribution in [1.82, 2.24) is 15.1 Å². The molecule has 0 saturated carbocycles. The summed E-state index contributed by atoms with van der Waals surface area (Å²) in [5, 5.41) is 6.38. The fourth-order valence-corrected chi connectivity index (χ4v) is 3.68. The van der Waals surface area contributed by atoms with E-state index in [-0.39, 0.29) is 22.7 Å². The standard InChI is InChI=1S/C16H17F2N3OS/c1-23-9-10-5-6-21(8-10)16(22)11-7-19-20-15(11)14-12(17)3-2-4-13(14)18/h2-4,7,10H,5-6,8-9H2,1H3,(H,19,20)/t10-/m0/s1. The normalized spacial score (nSPS) is 17.7. The van der Waals surface area contributed by atoms with Crippen LogP contribution in [0.3, 0.4) is 0 Å². The van der Waals surface area contributed by atoms with Gasteiger partial charge in [0, 0.05) is 13.1 Å². The van der Waals surface area contributed by atoms with Crippen molar-refractivity contribution in [1.29, 1.82) is 0 Å². The van der Waals surface area contributed by atoms with Crippen LogP contribution in [0, 0.1) is 17.6 Å². The Bertz CT molecular complexity index is 699. The van der Waals surface area contributed by atoms with E-state index in [2.05, 4.69) is 10.2 Å². The van der Waals surface area contributed by atoms with Crippen LogP contribution < -0.4 is 0 Å². The largest absolute Gasteiger partial charge is 0.338 e. The highest BCUT2D eigenvalue weighted by molar-refractivity contribution is 7.98. The highest BCUT2D eigenvalue weighted by Gasteiger charge is 2.30. The Morgan fingerprint density at radius 2 is 2.17 bits per heavy atom. The van der Waals surface area contributed by atoms with Crippen molar-refractivity contribution >= 4 is 17.7 Å². The summed E-state index contributed by atoms with van der Waals surface area (Å²) in [6.07, 6.45) is 4.33. The third-order valence-electron chi connectivity index (χ3n) is 4.06. The van der Waals surface area contributed by atoms with Gasteiger partial charge < -0.3 is 4.90 Å². The molecule has 1 aliphatic rings. The van der Waals surface area contributed by atoms with Crippen molar-refractivity contribution in [2.24, 2.45) is 5.92 Å². The molecular formula is C16H17F2N3OS. The summed E-state index contributed by atoms with van der Waals surface area (Å²) >= 11 is 1.76. The summed E-state index contributed by atoms with van der Waals surface area (Å²) in [5.74, 6) is -0.200. The number of nitrogens with one attached hydrogen (secondary N) is 1. The molecule has 7 heteroatoms. The monoisotopic (exact) mass is 337 g/mol. The molecule has 3 rings (SSSR count). The molecular weight excluding hydrogens is 320 g/mol. The number of likely N-dealkylation sites (tertiary alicyclic amines) is 1. The number of carbonyl (C=O) groups is 1. The topological polar surface area (TPSA) is 49.0 Å². The van der Waals surface area contributed by atoms with Gasteiger partial charge in [-0.25, -0.2) is 8.78 Å². The van der Waals surface area contributed by atoms with Crippen molar-refractivity contribution < 1.29 is 13.6 Å². The maximum atomic E-state index is 14.0. The lowest BCUT2D eigenvalue weighted by Gasteiger charge is -2.16. The van der Waals surface area contributed by atoms with E-state index >= 15 is 0 Å². The van der Waals surface area contributed by atoms with Gasteiger partial charge in [-0.3, -0.25) is 9.89 Å². The van der Waals surface area contributed by atoms with E-state index in [0.29, 0.717) is 19.0 Å². The first kappa shape index (κ1) is 16.0. The molecule has 0 spiro atoms. The van der Waals surface area contributed by atoms with E-state index in [4.69, 9.17) is 0 Å². The third-order valence-corrected chi connectivity index (χ3v) is 4.86. The van der Waals surface area contributed by atoms with E-state index < -0.39 is 11.6 Å². The first-order valence-corrected chi connectivity index (χ1v) is 8.77. The van der Waals surface area contributed by atoms with E-state index in [0.717, 1.165) is 24.3 Å². The van der Waals surface area contributed by atoms with Gasteiger partial charge in [0.2, 0.25) is 0 Å². The highest BCUT2D eigenvalue weighted by atomic mass is 32.2. The molecule has 1 aromatic heterocycles. The molecule has 0 radical (unpaired) electrons. The van der Waals surface area contributed by atoms with Crippen LogP contribution in [0.25, 0.3) is 11.3 Å². The van der Waals surface area contributed by atoms with Gasteiger partial charge in [0.15, 0.2) is 0 Å². The third kappa shape index (κ3) is 3.10. The lowest BCUT2D eigenvalue weighted by molar-refractivity contribution is 0.0789. The van der Waals surface area contributed by atoms with Crippen LogP contribution in [0.4, 0.5) is 8.78 Å². The fraction of sp³-hybridized carbons (Fsp3) is 0.375. The quantitative estimate of drug-likeness (QED) is 0.932. The zero-order chi connectivity index (χ0) is 16.4. The Morgan fingerprint density at radius 1 is 1.43 bits per heavy atom. The van der Waals surface area contributed by atoms with Gasteiger partial charge in [-0.05, 0) is 36.5 Å². The maximum absolute atomic E-state index is 14.0. The molecule has 2 aromatic rings. The van der Waals surface area contributed by atoms with E-state index in [1.54, 1.807) is 16.7 Å². The smallest absolute Gasteiger partial charge is 0.257 e. The molecule has 122 valence electrons. The fourth-order valence-electron chi connectivity index (χ4n) is 2.93. The zero-order valence-corrected chi connectivity index (χ0v) is 13.5. The highest BCUT2D eigenvalue weighted by Crippen LogP contribution is 2.29. The van der Waals surface area contributed by atoms with E-state index in [9.17, 15) is 13.6 Å². The molecule has 0 aliphatic carbocycles. The van der Waals surface area contributed by atoms with Crippen LogP contribution in [0.5, 0.6) is 0 Å². The van der Waals surface area contributed by atoms with Gasteiger partial charge in [-0.15, -0.1) is 0 Å². The number of rotatable bonds is 4. The second-order valence-corrected chi connectivity index (χ2v) is 6.53. The number of amides is 1. The molecule has 1 N–H and O–H groups in total. The van der Waals surface area contributed by atoms with Crippen molar-refractivity contribution in [3.63, 3.8) is 0 Å². The van der Waals surface area contributed by atoms with Crippen LogP contribution in [-0.4, -0.2) is 46.1 Å². The minimum absolute atomic E-state index is 0.0962. The Kier molecular flexibility index (Phi) is 4.66. The Hall–Kier alpha value is -1.89. The minimum Gasteiger partial charge on any atom is -0.338 e. The second kappa shape index (κ2) is 6.70. The van der Waals surface area contributed by atoms with Crippen molar-refractivity contribution in [2.45, 2.75) is 6.42 Å². The Labute approximate surface area is 137 Å². The van der Waals surface area contributed by atoms with Gasteiger partial charge in [0.25, 0.3) is 5.91 Å². The lowest BCUT2D eigenvalue weighted by atomic mass is 10.1. The Morgan fingerprint density at radius 3 is 2.87 bits per heavy atom. The first-order chi connectivity index (χ1) is 11.1. The van der Waals surface area contributed by atoms with Crippen molar-refractivity contribution in [2.75, 3.05) is 25.1 Å². The average Bonchev–Trinajstić information content (AvgIpc) is 3.16. The van der Waals surface area contributed by atoms with Gasteiger partial charge >= 0.3 is 0 Å². The van der Waals surface area contributed by atoms with Crippen LogP contribution in [-0.2, 0) is 0 Å². The number of thioether (sulfide) groups is 1. The van der Waals surface area contributed by atoms with Crippen LogP contribution >= 0.6 is 11.8 Å². The number of halogens is 2. The number of carbonyl (C=O) groups excluding carboxylic acids is 1. The summed E-state index contributed by atoms with van der Waals surface area (Å²) in [7, 11) is 0. The summed E-state index contributed by atoms with van der Waals surface area (Å²) in [6, 6.07) is 3.62. The molecule has 1 aliphatic heterocycles. The van der Waals surface area contributed by atoms with Crippen LogP contribution in [0.1, 0.15) is 16.8 Å². The number of nitrogens with zero attached hydrogens (tertiary/aromatic N) is 2. The number of hydrogen-bond donors (Lipinski definition) is 1. The molecule has 1 aromatic carbocycles. The molecule has 0 bridgehead atoms. The molecule has 4 nitrogen and oxygen atoms in total. The average molecular weight is 337 g/mol. The first-order valence-electron chi connectivity index (χ1n) is 7.37. The number of aromatic amines is 1. The molecule has 1 saturated heterocycles. The Balaban J connectivity index is 1.88. The summed E-state index contributed by atoms with van der Waals surface area (Å²) < 4.78 is 28.0.